The Labute approximate surface area is 277 Å². The van der Waals surface area contributed by atoms with Crippen molar-refractivity contribution in [2.24, 2.45) is 21.8 Å². The van der Waals surface area contributed by atoms with Gasteiger partial charge in [-0.05, 0) is 84.3 Å². The van der Waals surface area contributed by atoms with Gasteiger partial charge in [0.05, 0.1) is 18.2 Å². The van der Waals surface area contributed by atoms with Crippen molar-refractivity contribution in [2.75, 3.05) is 0 Å². The van der Waals surface area contributed by atoms with E-state index < -0.39 is 18.2 Å². The number of hydrogen-bond donors (Lipinski definition) is 5. The monoisotopic (exact) mass is 656 g/mol. The van der Waals surface area contributed by atoms with E-state index >= 15 is 0 Å². The highest BCUT2D eigenvalue weighted by Gasteiger charge is 2.45. The molecule has 7 N–H and O–H groups in total. The second-order valence-corrected chi connectivity index (χ2v) is 11.9. The average molecular weight is 657 g/mol. The molecule has 250 valence electrons. The number of hydrogen-bond acceptors (Lipinski definition) is 6. The van der Waals surface area contributed by atoms with Crippen LogP contribution in [0.4, 0.5) is 13.6 Å². The fraction of sp³-hybridized carbons (Fsp3) is 0.250. The number of urea groups is 1. The predicted octanol–water partition coefficient (Wildman–Crippen LogP) is 4.96. The Kier molecular flexibility index (Phi) is 10.9. The zero-order chi connectivity index (χ0) is 34.2. The standard InChI is InChI=1S/C36H38F2N6O4/c37-29-13-7-23(8-14-29)11-17-31-33(45)32(18-12-24-9-15-30(38)16-10-24)44(22-26-4-2-6-28(20-26)35(40)42-48)36(46)43(31)21-25-3-1-5-27(19-25)34(39)41-47/h1-10,13-16,19-20,31-33,45,47-48H,11-12,17-18,21-22H2,(H2,39,41)(H2,40,42)/t31-,32-/m1/s1. The van der Waals surface area contributed by atoms with Crippen molar-refractivity contribution in [3.63, 3.8) is 0 Å². The van der Waals surface area contributed by atoms with Crippen molar-refractivity contribution >= 4 is 17.7 Å². The maximum absolute atomic E-state index is 14.6. The Morgan fingerprint density at radius 2 is 1.04 bits per heavy atom. The number of benzene rings is 4. The number of aliphatic hydroxyl groups excluding tert-OH is 1. The summed E-state index contributed by atoms with van der Waals surface area (Å²) >= 11 is 0. The number of aliphatic hydroxyl groups is 1. The van der Waals surface area contributed by atoms with Crippen LogP contribution in [0.3, 0.4) is 0 Å². The number of carbonyl (C=O) groups excluding carboxylic acids is 1. The Morgan fingerprint density at radius 3 is 1.42 bits per heavy atom. The van der Waals surface area contributed by atoms with E-state index in [9.17, 15) is 29.1 Å². The minimum atomic E-state index is -1.01. The molecular weight excluding hydrogens is 618 g/mol. The van der Waals surface area contributed by atoms with Gasteiger partial charge in [-0.2, -0.15) is 0 Å². The van der Waals surface area contributed by atoms with Gasteiger partial charge in [-0.1, -0.05) is 71.0 Å². The minimum absolute atomic E-state index is 0.0808. The van der Waals surface area contributed by atoms with Gasteiger partial charge in [-0.15, -0.1) is 0 Å². The molecule has 4 aromatic carbocycles. The lowest BCUT2D eigenvalue weighted by atomic mass is 9.88. The molecule has 2 amide bonds. The van der Waals surface area contributed by atoms with Crippen molar-refractivity contribution in [3.05, 3.63) is 142 Å². The minimum Gasteiger partial charge on any atom is -0.409 e. The van der Waals surface area contributed by atoms with E-state index in [1.165, 1.54) is 24.3 Å². The summed E-state index contributed by atoms with van der Waals surface area (Å²) in [5.41, 5.74) is 15.7. The molecule has 1 saturated heterocycles. The number of halogens is 2. The van der Waals surface area contributed by atoms with Crippen molar-refractivity contribution in [3.8, 4) is 0 Å². The van der Waals surface area contributed by atoms with Crippen molar-refractivity contribution in [2.45, 2.75) is 57.0 Å². The molecule has 2 atom stereocenters. The van der Waals surface area contributed by atoms with E-state index in [2.05, 4.69) is 10.3 Å². The number of carbonyl (C=O) groups is 1. The van der Waals surface area contributed by atoms with E-state index in [1.54, 1.807) is 70.5 Å². The van der Waals surface area contributed by atoms with Gasteiger partial charge in [0.25, 0.3) is 0 Å². The van der Waals surface area contributed by atoms with Crippen LogP contribution in [-0.4, -0.2) is 61.2 Å². The summed E-state index contributed by atoms with van der Waals surface area (Å²) in [4.78, 5) is 17.9. The maximum atomic E-state index is 14.6. The number of oxime groups is 2. The molecule has 4 aromatic rings. The van der Waals surface area contributed by atoms with Gasteiger partial charge in [0.2, 0.25) is 0 Å². The van der Waals surface area contributed by atoms with Crippen LogP contribution in [0.1, 0.15) is 46.2 Å². The van der Waals surface area contributed by atoms with E-state index in [0.717, 1.165) is 11.1 Å². The van der Waals surface area contributed by atoms with Crippen LogP contribution in [0.15, 0.2) is 107 Å². The summed E-state index contributed by atoms with van der Waals surface area (Å²) in [5.74, 6) is -0.872. The largest absolute Gasteiger partial charge is 0.409 e. The third-order valence-electron chi connectivity index (χ3n) is 8.73. The Bertz CT molecular complexity index is 1640. The molecule has 0 unspecified atom stereocenters. The van der Waals surface area contributed by atoms with Crippen LogP contribution >= 0.6 is 0 Å². The molecule has 1 aliphatic rings. The number of nitrogens with zero attached hydrogens (tertiary/aromatic N) is 4. The average Bonchev–Trinajstić information content (AvgIpc) is 3.11. The number of amidine groups is 2. The Balaban J connectivity index is 1.52. The summed E-state index contributed by atoms with van der Waals surface area (Å²) in [6, 6.07) is 24.6. The van der Waals surface area contributed by atoms with Crippen LogP contribution in [0.2, 0.25) is 0 Å². The third-order valence-corrected chi connectivity index (χ3v) is 8.73. The zero-order valence-electron chi connectivity index (χ0n) is 26.2. The number of nitrogens with two attached hydrogens (primary N) is 2. The van der Waals surface area contributed by atoms with Gasteiger partial charge in [-0.25, -0.2) is 13.6 Å². The molecule has 0 spiro atoms. The summed E-state index contributed by atoms with van der Waals surface area (Å²) in [6.45, 7) is 0.226. The molecular formula is C36H38F2N6O4. The zero-order valence-corrected chi connectivity index (χ0v) is 26.2. The van der Waals surface area contributed by atoms with Crippen molar-refractivity contribution < 1.29 is 29.1 Å². The number of aryl methyl sites for hydroxylation is 2. The predicted molar refractivity (Wildman–Crippen MR) is 177 cm³/mol. The van der Waals surface area contributed by atoms with E-state index in [1.807, 2.05) is 12.1 Å². The lowest BCUT2D eigenvalue weighted by Crippen LogP contribution is -2.65. The molecule has 1 aliphatic heterocycles. The maximum Gasteiger partial charge on any atom is 0.321 e. The summed E-state index contributed by atoms with van der Waals surface area (Å²) in [5, 5.41) is 36.8. The van der Waals surface area contributed by atoms with Gasteiger partial charge in [-0.3, -0.25) is 0 Å². The highest BCUT2D eigenvalue weighted by Crippen LogP contribution is 2.32. The summed E-state index contributed by atoms with van der Waals surface area (Å²) in [7, 11) is 0. The van der Waals surface area contributed by atoms with Crippen LogP contribution in [0.5, 0.6) is 0 Å². The van der Waals surface area contributed by atoms with Crippen LogP contribution < -0.4 is 11.5 Å². The van der Waals surface area contributed by atoms with E-state index in [4.69, 9.17) is 11.5 Å². The first-order valence-corrected chi connectivity index (χ1v) is 15.5. The molecule has 48 heavy (non-hydrogen) atoms. The van der Waals surface area contributed by atoms with Crippen LogP contribution in [0.25, 0.3) is 0 Å². The van der Waals surface area contributed by atoms with Gasteiger partial charge < -0.3 is 36.8 Å². The molecule has 0 saturated carbocycles. The van der Waals surface area contributed by atoms with E-state index in [-0.39, 0.29) is 42.4 Å². The molecule has 10 nitrogen and oxygen atoms in total. The normalized spacial score (nSPS) is 18.7. The summed E-state index contributed by atoms with van der Waals surface area (Å²) < 4.78 is 27.3. The lowest BCUT2D eigenvalue weighted by molar-refractivity contribution is -0.0478. The molecule has 0 aromatic heterocycles. The van der Waals surface area contributed by atoms with Crippen molar-refractivity contribution in [1.29, 1.82) is 0 Å². The fourth-order valence-corrected chi connectivity index (χ4v) is 6.19. The highest BCUT2D eigenvalue weighted by molar-refractivity contribution is 5.97. The first-order chi connectivity index (χ1) is 23.2. The number of amides is 2. The second kappa shape index (κ2) is 15.4. The molecule has 5 rings (SSSR count). The van der Waals surface area contributed by atoms with Gasteiger partial charge in [0.15, 0.2) is 11.7 Å². The Hall–Kier alpha value is -5.49. The highest BCUT2D eigenvalue weighted by atomic mass is 19.1. The quantitative estimate of drug-likeness (QED) is 0.0627. The van der Waals surface area contributed by atoms with Gasteiger partial charge in [0.1, 0.15) is 11.6 Å². The first kappa shape index (κ1) is 33.9. The fourth-order valence-electron chi connectivity index (χ4n) is 6.19. The van der Waals surface area contributed by atoms with Crippen LogP contribution in [0, 0.1) is 11.6 Å². The van der Waals surface area contributed by atoms with Gasteiger partial charge in [0, 0.05) is 24.2 Å². The van der Waals surface area contributed by atoms with E-state index in [0.29, 0.717) is 47.9 Å². The SMILES string of the molecule is N/C(=N\O)c1cccc(CN2C(=O)N(Cc3cccc(/C(N)=N/O)c3)[C@H](CCc3ccc(F)cc3)C(O)[C@H]2CCc2ccc(F)cc2)c1. The van der Waals surface area contributed by atoms with Gasteiger partial charge >= 0.3 is 6.03 Å². The third kappa shape index (κ3) is 8.07. The van der Waals surface area contributed by atoms with Crippen LogP contribution in [-0.2, 0) is 25.9 Å². The second-order valence-electron chi connectivity index (χ2n) is 11.9. The number of rotatable bonds is 12. The summed E-state index contributed by atoms with van der Waals surface area (Å²) in [6.07, 6.45) is 0.713. The van der Waals surface area contributed by atoms with Crippen molar-refractivity contribution in [1.82, 2.24) is 9.80 Å². The topological polar surface area (TPSA) is 161 Å². The molecule has 12 heteroatoms. The molecule has 1 heterocycles. The molecule has 0 radical (unpaired) electrons. The Morgan fingerprint density at radius 1 is 0.646 bits per heavy atom. The molecule has 0 aliphatic carbocycles. The molecule has 1 fully saturated rings. The lowest BCUT2D eigenvalue weighted by Gasteiger charge is -2.49. The molecule has 0 bridgehead atoms. The smallest absolute Gasteiger partial charge is 0.321 e. The first-order valence-electron chi connectivity index (χ1n) is 15.5.